The van der Waals surface area contributed by atoms with Gasteiger partial charge in [0.2, 0.25) is 5.91 Å². The maximum Gasteiger partial charge on any atom is 0.305 e. The fourth-order valence-electron chi connectivity index (χ4n) is 9.58. The van der Waals surface area contributed by atoms with E-state index in [0.717, 1.165) is 44.9 Å². The van der Waals surface area contributed by atoms with Crippen LogP contribution in [0.15, 0.2) is 0 Å². The van der Waals surface area contributed by atoms with E-state index in [1.807, 2.05) is 0 Å². The van der Waals surface area contributed by atoms with Gasteiger partial charge in [-0.3, -0.25) is 9.59 Å². The minimum atomic E-state index is -0.668. The van der Waals surface area contributed by atoms with Crippen LogP contribution in [0.2, 0.25) is 0 Å². The van der Waals surface area contributed by atoms with Gasteiger partial charge in [0, 0.05) is 12.8 Å². The van der Waals surface area contributed by atoms with E-state index in [2.05, 4.69) is 19.2 Å². The first-order chi connectivity index (χ1) is 32.0. The topological polar surface area (TPSA) is 95.9 Å². The molecular weight excluding hydrogens is 803 g/mol. The summed E-state index contributed by atoms with van der Waals surface area (Å²) in [6.45, 7) is 4.97. The van der Waals surface area contributed by atoms with Gasteiger partial charge in [-0.15, -0.1) is 0 Å². The van der Waals surface area contributed by atoms with Crippen molar-refractivity contribution in [2.75, 3.05) is 13.2 Å². The highest BCUT2D eigenvalue weighted by Gasteiger charge is 2.20. The van der Waals surface area contributed by atoms with E-state index in [1.165, 1.54) is 263 Å². The van der Waals surface area contributed by atoms with Crippen molar-refractivity contribution in [1.29, 1.82) is 0 Å². The number of nitrogens with one attached hydrogen (secondary N) is 1. The van der Waals surface area contributed by atoms with Crippen LogP contribution in [0.25, 0.3) is 0 Å². The zero-order chi connectivity index (χ0) is 47.2. The number of aliphatic hydroxyl groups excluding tert-OH is 2. The Balaban J connectivity index is 3.39. The molecule has 0 aromatic carbocycles. The van der Waals surface area contributed by atoms with E-state index >= 15 is 0 Å². The predicted molar refractivity (Wildman–Crippen MR) is 283 cm³/mol. The molecule has 0 saturated carbocycles. The van der Waals surface area contributed by atoms with E-state index in [0.29, 0.717) is 25.9 Å². The van der Waals surface area contributed by atoms with E-state index in [1.54, 1.807) is 0 Å². The largest absolute Gasteiger partial charge is 0.466 e. The van der Waals surface area contributed by atoms with Gasteiger partial charge in [0.05, 0.1) is 25.4 Å². The average molecular weight is 921 g/mol. The standard InChI is InChI=1S/C59H117NO5/c1-3-5-7-9-11-13-15-17-19-20-21-25-29-33-37-41-45-49-53-59(64)65-54-50-46-42-38-34-30-26-22-24-28-32-36-40-44-48-52-58(63)60-56(55-61)57(62)51-47-43-39-35-31-27-23-18-16-14-12-10-8-6-4-2/h56-57,61-62H,3-55H2,1-2H3,(H,60,63). The number of aliphatic hydroxyl groups is 2. The first-order valence-electron chi connectivity index (χ1n) is 29.8. The molecule has 0 aliphatic carbocycles. The van der Waals surface area contributed by atoms with Gasteiger partial charge >= 0.3 is 5.97 Å². The van der Waals surface area contributed by atoms with Crippen LogP contribution in [0.1, 0.15) is 341 Å². The van der Waals surface area contributed by atoms with Gasteiger partial charge in [0.15, 0.2) is 0 Å². The minimum Gasteiger partial charge on any atom is -0.466 e. The van der Waals surface area contributed by atoms with Crippen molar-refractivity contribution in [3.05, 3.63) is 0 Å². The van der Waals surface area contributed by atoms with Crippen molar-refractivity contribution in [2.24, 2.45) is 0 Å². The van der Waals surface area contributed by atoms with Crippen molar-refractivity contribution in [1.82, 2.24) is 5.32 Å². The number of rotatable bonds is 56. The summed E-state index contributed by atoms with van der Waals surface area (Å²) in [5.41, 5.74) is 0. The number of amides is 1. The number of carbonyl (C=O) groups excluding carboxylic acids is 2. The van der Waals surface area contributed by atoms with Crippen LogP contribution in [-0.2, 0) is 14.3 Å². The second-order valence-corrected chi connectivity index (χ2v) is 20.7. The van der Waals surface area contributed by atoms with Crippen LogP contribution in [-0.4, -0.2) is 47.4 Å². The number of esters is 1. The summed E-state index contributed by atoms with van der Waals surface area (Å²) >= 11 is 0. The van der Waals surface area contributed by atoms with Gasteiger partial charge in [-0.05, 0) is 25.7 Å². The van der Waals surface area contributed by atoms with Crippen molar-refractivity contribution >= 4 is 11.9 Å². The molecule has 3 N–H and O–H groups in total. The molecule has 0 rings (SSSR count). The van der Waals surface area contributed by atoms with Crippen LogP contribution < -0.4 is 5.32 Å². The normalized spacial score (nSPS) is 12.5. The maximum atomic E-state index is 12.5. The summed E-state index contributed by atoms with van der Waals surface area (Å²) in [6, 6.07) is -0.546. The highest BCUT2D eigenvalue weighted by Crippen LogP contribution is 2.18. The van der Waals surface area contributed by atoms with Crippen LogP contribution in [0.5, 0.6) is 0 Å². The molecule has 2 unspecified atom stereocenters. The number of hydrogen-bond acceptors (Lipinski definition) is 5. The smallest absolute Gasteiger partial charge is 0.305 e. The molecule has 0 aromatic heterocycles. The number of ether oxygens (including phenoxy) is 1. The summed E-state index contributed by atoms with van der Waals surface area (Å²) in [5.74, 6) is -0.0342. The van der Waals surface area contributed by atoms with Gasteiger partial charge in [0.1, 0.15) is 0 Å². The first-order valence-corrected chi connectivity index (χ1v) is 29.8. The molecule has 0 aliphatic heterocycles. The van der Waals surface area contributed by atoms with Crippen molar-refractivity contribution < 1.29 is 24.5 Å². The molecule has 0 bridgehead atoms. The molecule has 0 fully saturated rings. The Morgan fingerprint density at radius 3 is 0.938 bits per heavy atom. The van der Waals surface area contributed by atoms with Crippen LogP contribution >= 0.6 is 0 Å². The highest BCUT2D eigenvalue weighted by atomic mass is 16.5. The molecule has 0 heterocycles. The van der Waals surface area contributed by atoms with Crippen LogP contribution in [0.4, 0.5) is 0 Å². The zero-order valence-corrected chi connectivity index (χ0v) is 44.3. The summed E-state index contributed by atoms with van der Waals surface area (Å²) in [5, 5.41) is 23.3. The van der Waals surface area contributed by atoms with E-state index in [9.17, 15) is 19.8 Å². The number of carbonyl (C=O) groups is 2. The zero-order valence-electron chi connectivity index (χ0n) is 44.3. The van der Waals surface area contributed by atoms with E-state index in [4.69, 9.17) is 4.74 Å². The fraction of sp³-hybridized carbons (Fsp3) is 0.966. The third kappa shape index (κ3) is 52.1. The monoisotopic (exact) mass is 920 g/mol. The SMILES string of the molecule is CCCCCCCCCCCCCCCCCCCCC(=O)OCCCCCCCCCCCCCCCCCC(=O)NC(CO)C(O)CCCCCCCCCCCCCCCCC. The quantitative estimate of drug-likeness (QED) is 0.0417. The predicted octanol–water partition coefficient (Wildman–Crippen LogP) is 18.3. The molecule has 0 aromatic rings. The van der Waals surface area contributed by atoms with Crippen molar-refractivity contribution in [3.63, 3.8) is 0 Å². The Morgan fingerprint density at radius 1 is 0.369 bits per heavy atom. The molecular formula is C59H117NO5. The summed E-state index contributed by atoms with van der Waals surface area (Å²) in [6.07, 6.45) is 63.8. The average Bonchev–Trinajstić information content (AvgIpc) is 3.31. The lowest BCUT2D eigenvalue weighted by Gasteiger charge is -2.22. The second kappa shape index (κ2) is 55.5. The Bertz CT molecular complexity index is 928. The molecule has 6 heteroatoms. The van der Waals surface area contributed by atoms with Gasteiger partial charge in [-0.1, -0.05) is 303 Å². The van der Waals surface area contributed by atoms with Gasteiger partial charge < -0.3 is 20.3 Å². The Kier molecular flexibility index (Phi) is 54.5. The maximum absolute atomic E-state index is 12.5. The lowest BCUT2D eigenvalue weighted by molar-refractivity contribution is -0.143. The van der Waals surface area contributed by atoms with Crippen LogP contribution in [0, 0.1) is 0 Å². The Hall–Kier alpha value is -1.14. The molecule has 388 valence electrons. The van der Waals surface area contributed by atoms with Crippen molar-refractivity contribution in [3.8, 4) is 0 Å². The van der Waals surface area contributed by atoms with Crippen LogP contribution in [0.3, 0.4) is 0 Å². The van der Waals surface area contributed by atoms with Gasteiger partial charge in [-0.2, -0.15) is 0 Å². The Morgan fingerprint density at radius 2 is 0.631 bits per heavy atom. The Labute approximate surface area is 406 Å². The third-order valence-electron chi connectivity index (χ3n) is 14.2. The molecule has 1 amide bonds. The molecule has 0 radical (unpaired) electrons. The van der Waals surface area contributed by atoms with E-state index < -0.39 is 12.1 Å². The fourth-order valence-corrected chi connectivity index (χ4v) is 9.58. The molecule has 6 nitrogen and oxygen atoms in total. The summed E-state index contributed by atoms with van der Waals surface area (Å²) < 4.78 is 5.49. The highest BCUT2D eigenvalue weighted by molar-refractivity contribution is 5.76. The summed E-state index contributed by atoms with van der Waals surface area (Å²) in [4.78, 5) is 24.6. The lowest BCUT2D eigenvalue weighted by Crippen LogP contribution is -2.45. The number of unbranched alkanes of at least 4 members (excludes halogenated alkanes) is 45. The molecule has 0 saturated heterocycles. The number of hydrogen-bond donors (Lipinski definition) is 3. The van der Waals surface area contributed by atoms with Crippen molar-refractivity contribution in [2.45, 2.75) is 353 Å². The molecule has 0 aliphatic rings. The summed E-state index contributed by atoms with van der Waals surface area (Å²) in [7, 11) is 0. The second-order valence-electron chi connectivity index (χ2n) is 20.7. The van der Waals surface area contributed by atoms with E-state index in [-0.39, 0.29) is 18.5 Å². The molecule has 65 heavy (non-hydrogen) atoms. The molecule has 0 spiro atoms. The van der Waals surface area contributed by atoms with Gasteiger partial charge in [-0.25, -0.2) is 0 Å². The molecule has 2 atom stereocenters. The lowest BCUT2D eigenvalue weighted by atomic mass is 10.0. The minimum absolute atomic E-state index is 0.00615. The third-order valence-corrected chi connectivity index (χ3v) is 14.2. The first kappa shape index (κ1) is 63.9. The van der Waals surface area contributed by atoms with Gasteiger partial charge in [0.25, 0.3) is 0 Å².